The SMILES string of the molecule is O=C1NCC(c2ccc(F)cc2)Cc2[nH]c(Cc3ccccc3)nc21. The molecule has 126 valence electrons. The van der Waals surface area contributed by atoms with Gasteiger partial charge < -0.3 is 10.3 Å². The van der Waals surface area contributed by atoms with Crippen molar-refractivity contribution in [3.05, 3.63) is 88.8 Å². The zero-order valence-corrected chi connectivity index (χ0v) is 13.6. The third-order valence-electron chi connectivity index (χ3n) is 4.56. The Morgan fingerprint density at radius 1 is 1.08 bits per heavy atom. The number of benzene rings is 2. The first-order valence-electron chi connectivity index (χ1n) is 8.34. The van der Waals surface area contributed by atoms with E-state index in [0.29, 0.717) is 25.1 Å². The first-order valence-corrected chi connectivity index (χ1v) is 8.34. The number of rotatable bonds is 3. The fourth-order valence-electron chi connectivity index (χ4n) is 3.26. The molecule has 4 rings (SSSR count). The van der Waals surface area contributed by atoms with Gasteiger partial charge in [-0.2, -0.15) is 0 Å². The van der Waals surface area contributed by atoms with Crippen molar-refractivity contribution in [2.75, 3.05) is 6.54 Å². The number of hydrogen-bond acceptors (Lipinski definition) is 2. The van der Waals surface area contributed by atoms with Crippen LogP contribution in [-0.4, -0.2) is 22.4 Å². The average molecular weight is 335 g/mol. The average Bonchev–Trinajstić information content (AvgIpc) is 2.95. The molecule has 0 saturated carbocycles. The molecule has 1 aliphatic rings. The first kappa shape index (κ1) is 15.6. The van der Waals surface area contributed by atoms with Crippen molar-refractivity contribution >= 4 is 5.91 Å². The second kappa shape index (κ2) is 6.51. The van der Waals surface area contributed by atoms with Crippen molar-refractivity contribution < 1.29 is 9.18 Å². The molecule has 0 saturated heterocycles. The van der Waals surface area contributed by atoms with Crippen LogP contribution < -0.4 is 5.32 Å². The number of nitrogens with one attached hydrogen (secondary N) is 2. The minimum Gasteiger partial charge on any atom is -0.350 e. The van der Waals surface area contributed by atoms with E-state index in [1.807, 2.05) is 30.3 Å². The van der Waals surface area contributed by atoms with E-state index in [4.69, 9.17) is 0 Å². The largest absolute Gasteiger partial charge is 0.350 e. The van der Waals surface area contributed by atoms with Crippen LogP contribution in [0.3, 0.4) is 0 Å². The summed E-state index contributed by atoms with van der Waals surface area (Å²) in [4.78, 5) is 20.2. The second-order valence-electron chi connectivity index (χ2n) is 6.34. The topological polar surface area (TPSA) is 57.8 Å². The summed E-state index contributed by atoms with van der Waals surface area (Å²) in [5.41, 5.74) is 3.46. The van der Waals surface area contributed by atoms with E-state index in [1.54, 1.807) is 12.1 Å². The van der Waals surface area contributed by atoms with Crippen LogP contribution in [0.4, 0.5) is 4.39 Å². The van der Waals surface area contributed by atoms with Gasteiger partial charge in [-0.05, 0) is 29.7 Å². The molecule has 0 spiro atoms. The van der Waals surface area contributed by atoms with Crippen LogP contribution in [-0.2, 0) is 12.8 Å². The van der Waals surface area contributed by atoms with Crippen molar-refractivity contribution in [3.8, 4) is 0 Å². The second-order valence-corrected chi connectivity index (χ2v) is 6.34. The van der Waals surface area contributed by atoms with Gasteiger partial charge in [-0.1, -0.05) is 42.5 Å². The summed E-state index contributed by atoms with van der Waals surface area (Å²) >= 11 is 0. The van der Waals surface area contributed by atoms with Crippen LogP contribution in [0, 0.1) is 5.82 Å². The van der Waals surface area contributed by atoms with Crippen LogP contribution in [0.15, 0.2) is 54.6 Å². The molecule has 3 aromatic rings. The van der Waals surface area contributed by atoms with E-state index in [0.717, 1.165) is 22.6 Å². The molecule has 2 N–H and O–H groups in total. The predicted molar refractivity (Wildman–Crippen MR) is 93.0 cm³/mol. The number of carbonyl (C=O) groups excluding carboxylic acids is 1. The van der Waals surface area contributed by atoms with Gasteiger partial charge in [-0.25, -0.2) is 9.37 Å². The zero-order valence-electron chi connectivity index (χ0n) is 13.6. The lowest BCUT2D eigenvalue weighted by Crippen LogP contribution is -2.26. The highest BCUT2D eigenvalue weighted by molar-refractivity contribution is 5.94. The van der Waals surface area contributed by atoms with Crippen molar-refractivity contribution in [3.63, 3.8) is 0 Å². The minimum absolute atomic E-state index is 0.0934. The Labute approximate surface area is 145 Å². The minimum atomic E-state index is -0.256. The Morgan fingerprint density at radius 2 is 1.84 bits per heavy atom. The van der Waals surface area contributed by atoms with Crippen LogP contribution in [0.25, 0.3) is 0 Å². The normalized spacial score (nSPS) is 16.8. The number of nitrogens with zero attached hydrogens (tertiary/aromatic N) is 1. The van der Waals surface area contributed by atoms with E-state index >= 15 is 0 Å². The molecule has 0 fully saturated rings. The monoisotopic (exact) mass is 335 g/mol. The Balaban J connectivity index is 1.61. The van der Waals surface area contributed by atoms with Crippen LogP contribution in [0.5, 0.6) is 0 Å². The number of amides is 1. The molecule has 5 heteroatoms. The van der Waals surface area contributed by atoms with E-state index in [2.05, 4.69) is 15.3 Å². The fraction of sp³-hybridized carbons (Fsp3) is 0.200. The lowest BCUT2D eigenvalue weighted by atomic mass is 9.94. The van der Waals surface area contributed by atoms with E-state index in [-0.39, 0.29) is 17.6 Å². The predicted octanol–water partition coefficient (Wildman–Crippen LogP) is 3.21. The van der Waals surface area contributed by atoms with Gasteiger partial charge in [0, 0.05) is 24.6 Å². The number of carbonyl (C=O) groups is 1. The molecule has 1 amide bonds. The molecule has 0 aliphatic carbocycles. The van der Waals surface area contributed by atoms with E-state index < -0.39 is 0 Å². The van der Waals surface area contributed by atoms with Crippen LogP contribution in [0.2, 0.25) is 0 Å². The maximum Gasteiger partial charge on any atom is 0.271 e. The third kappa shape index (κ3) is 3.31. The van der Waals surface area contributed by atoms with E-state index in [9.17, 15) is 9.18 Å². The number of aromatic nitrogens is 2. The van der Waals surface area contributed by atoms with Gasteiger partial charge in [0.2, 0.25) is 0 Å². The molecule has 0 radical (unpaired) electrons. The lowest BCUT2D eigenvalue weighted by molar-refractivity contribution is 0.0950. The Morgan fingerprint density at radius 3 is 2.60 bits per heavy atom. The first-order chi connectivity index (χ1) is 12.2. The lowest BCUT2D eigenvalue weighted by Gasteiger charge is -2.14. The summed E-state index contributed by atoms with van der Waals surface area (Å²) in [7, 11) is 0. The summed E-state index contributed by atoms with van der Waals surface area (Å²) in [6.07, 6.45) is 1.32. The molecule has 1 unspecified atom stereocenters. The molecular formula is C20H18FN3O. The van der Waals surface area contributed by atoms with Crippen molar-refractivity contribution in [1.29, 1.82) is 0 Å². The summed E-state index contributed by atoms with van der Waals surface area (Å²) in [6, 6.07) is 16.5. The summed E-state index contributed by atoms with van der Waals surface area (Å²) in [6.45, 7) is 0.517. The third-order valence-corrected chi connectivity index (χ3v) is 4.56. The molecule has 0 bridgehead atoms. The number of hydrogen-bond donors (Lipinski definition) is 2. The Kier molecular flexibility index (Phi) is 4.06. The highest BCUT2D eigenvalue weighted by Gasteiger charge is 2.26. The molecule has 2 aromatic carbocycles. The molecule has 2 heterocycles. The van der Waals surface area contributed by atoms with Gasteiger partial charge in [0.1, 0.15) is 17.3 Å². The summed E-state index contributed by atoms with van der Waals surface area (Å²) < 4.78 is 13.2. The Bertz CT molecular complexity index is 887. The summed E-state index contributed by atoms with van der Waals surface area (Å²) in [5, 5.41) is 2.93. The van der Waals surface area contributed by atoms with Gasteiger partial charge in [0.15, 0.2) is 0 Å². The van der Waals surface area contributed by atoms with Crippen LogP contribution >= 0.6 is 0 Å². The van der Waals surface area contributed by atoms with Crippen molar-refractivity contribution in [1.82, 2.24) is 15.3 Å². The van der Waals surface area contributed by atoms with Crippen molar-refractivity contribution in [2.24, 2.45) is 0 Å². The number of H-pyrrole nitrogens is 1. The zero-order chi connectivity index (χ0) is 17.2. The summed E-state index contributed by atoms with van der Waals surface area (Å²) in [5.74, 6) is 0.464. The fourth-order valence-corrected chi connectivity index (χ4v) is 3.26. The molecule has 1 aliphatic heterocycles. The maximum absolute atomic E-state index is 13.2. The maximum atomic E-state index is 13.2. The number of aromatic amines is 1. The molecule has 1 aromatic heterocycles. The van der Waals surface area contributed by atoms with Gasteiger partial charge in [-0.3, -0.25) is 4.79 Å². The highest BCUT2D eigenvalue weighted by atomic mass is 19.1. The van der Waals surface area contributed by atoms with E-state index in [1.165, 1.54) is 12.1 Å². The molecular weight excluding hydrogens is 317 g/mol. The number of imidazole rings is 1. The number of fused-ring (bicyclic) bond motifs is 1. The standard InChI is InChI=1S/C20H18FN3O/c21-16-8-6-14(7-9-16)15-11-17-19(20(25)22-12-15)24-18(23-17)10-13-4-2-1-3-5-13/h1-9,15H,10-12H2,(H,22,25)(H,23,24). The Hall–Kier alpha value is -2.95. The van der Waals surface area contributed by atoms with Crippen molar-refractivity contribution in [2.45, 2.75) is 18.8 Å². The van der Waals surface area contributed by atoms with Gasteiger partial charge in [0.25, 0.3) is 5.91 Å². The highest BCUT2D eigenvalue weighted by Crippen LogP contribution is 2.25. The number of halogens is 1. The van der Waals surface area contributed by atoms with Crippen LogP contribution in [0.1, 0.15) is 39.1 Å². The van der Waals surface area contributed by atoms with Gasteiger partial charge in [-0.15, -0.1) is 0 Å². The molecule has 4 nitrogen and oxygen atoms in total. The van der Waals surface area contributed by atoms with Gasteiger partial charge in [0.05, 0.1) is 0 Å². The molecule has 1 atom stereocenters. The van der Waals surface area contributed by atoms with Gasteiger partial charge >= 0.3 is 0 Å². The smallest absolute Gasteiger partial charge is 0.271 e. The molecule has 25 heavy (non-hydrogen) atoms. The quantitative estimate of drug-likeness (QED) is 0.772.